The number of benzene rings is 1. The fourth-order valence-electron chi connectivity index (χ4n) is 1.85. The summed E-state index contributed by atoms with van der Waals surface area (Å²) in [5.74, 6) is 5.76. The molecule has 5 heteroatoms. The Morgan fingerprint density at radius 1 is 1.19 bits per heavy atom. The Kier molecular flexibility index (Phi) is 5.08. The minimum atomic E-state index is -0.231. The Balaban J connectivity index is 1.97. The molecular formula is C16H20N2OS2. The summed E-state index contributed by atoms with van der Waals surface area (Å²) in [5, 5.41) is 0. The minimum absolute atomic E-state index is 0.182. The van der Waals surface area contributed by atoms with Gasteiger partial charge in [0.15, 0.2) is 0 Å². The lowest BCUT2D eigenvalue weighted by Gasteiger charge is -2.19. The monoisotopic (exact) mass is 320 g/mol. The van der Waals surface area contributed by atoms with Crippen molar-refractivity contribution >= 4 is 29.0 Å². The van der Waals surface area contributed by atoms with E-state index in [1.807, 2.05) is 12.1 Å². The fraction of sp³-hybridized carbons (Fsp3) is 0.312. The molecule has 0 aliphatic carbocycles. The topological polar surface area (TPSA) is 55.1 Å². The van der Waals surface area contributed by atoms with Crippen LogP contribution >= 0.6 is 23.1 Å². The van der Waals surface area contributed by atoms with E-state index in [2.05, 4.69) is 50.5 Å². The van der Waals surface area contributed by atoms with Crippen LogP contribution in [0.15, 0.2) is 41.3 Å². The zero-order valence-corrected chi connectivity index (χ0v) is 14.1. The standard InChI is InChI=1S/C16H20N2OS2/c1-16(2,3)11-4-6-12(7-5-11)20-10-13-8-9-14(21-13)15(19)18-17/h4-9H,10,17H2,1-3H3,(H,18,19). The maximum Gasteiger partial charge on any atom is 0.275 e. The molecule has 3 N–H and O–H groups in total. The zero-order valence-electron chi connectivity index (χ0n) is 12.5. The van der Waals surface area contributed by atoms with Gasteiger partial charge in [0, 0.05) is 15.5 Å². The van der Waals surface area contributed by atoms with Crippen molar-refractivity contribution in [3.8, 4) is 0 Å². The van der Waals surface area contributed by atoms with Crippen LogP contribution in [-0.4, -0.2) is 5.91 Å². The molecule has 21 heavy (non-hydrogen) atoms. The van der Waals surface area contributed by atoms with Crippen LogP contribution in [0.5, 0.6) is 0 Å². The second-order valence-electron chi connectivity index (χ2n) is 5.80. The first-order chi connectivity index (χ1) is 9.90. The van der Waals surface area contributed by atoms with Crippen LogP contribution in [0, 0.1) is 0 Å². The van der Waals surface area contributed by atoms with E-state index in [1.54, 1.807) is 11.8 Å². The summed E-state index contributed by atoms with van der Waals surface area (Å²) >= 11 is 3.25. The lowest BCUT2D eigenvalue weighted by Crippen LogP contribution is -2.29. The van der Waals surface area contributed by atoms with E-state index in [-0.39, 0.29) is 11.3 Å². The van der Waals surface area contributed by atoms with E-state index in [0.717, 1.165) is 5.75 Å². The van der Waals surface area contributed by atoms with Gasteiger partial charge in [-0.25, -0.2) is 5.84 Å². The number of nitrogens with one attached hydrogen (secondary N) is 1. The highest BCUT2D eigenvalue weighted by Crippen LogP contribution is 2.29. The van der Waals surface area contributed by atoms with Gasteiger partial charge in [-0.3, -0.25) is 10.2 Å². The molecule has 1 aromatic carbocycles. The molecule has 0 aliphatic heterocycles. The summed E-state index contributed by atoms with van der Waals surface area (Å²) in [5.41, 5.74) is 3.67. The number of hydrogen-bond acceptors (Lipinski definition) is 4. The summed E-state index contributed by atoms with van der Waals surface area (Å²) in [4.78, 5) is 14.5. The second kappa shape index (κ2) is 6.64. The summed E-state index contributed by atoms with van der Waals surface area (Å²) < 4.78 is 0. The third kappa shape index (κ3) is 4.33. The first kappa shape index (κ1) is 16.1. The predicted octanol–water partition coefficient (Wildman–Crippen LogP) is 3.94. The van der Waals surface area contributed by atoms with Crippen molar-refractivity contribution in [1.82, 2.24) is 5.43 Å². The highest BCUT2D eigenvalue weighted by Gasteiger charge is 2.13. The molecule has 2 aromatic rings. The molecule has 0 bridgehead atoms. The number of thiophene rings is 1. The Morgan fingerprint density at radius 2 is 1.86 bits per heavy atom. The molecule has 0 saturated heterocycles. The largest absolute Gasteiger partial charge is 0.289 e. The summed E-state index contributed by atoms with van der Waals surface area (Å²) in [6.07, 6.45) is 0. The molecule has 112 valence electrons. The van der Waals surface area contributed by atoms with Crippen LogP contribution in [0.25, 0.3) is 0 Å². The molecule has 0 fully saturated rings. The number of amides is 1. The van der Waals surface area contributed by atoms with Crippen molar-refractivity contribution in [1.29, 1.82) is 0 Å². The molecule has 0 spiro atoms. The van der Waals surface area contributed by atoms with Gasteiger partial charge in [-0.15, -0.1) is 23.1 Å². The number of rotatable bonds is 4. The van der Waals surface area contributed by atoms with Gasteiger partial charge in [0.05, 0.1) is 4.88 Å². The molecule has 0 atom stereocenters. The van der Waals surface area contributed by atoms with Crippen molar-refractivity contribution in [3.63, 3.8) is 0 Å². The average molecular weight is 320 g/mol. The van der Waals surface area contributed by atoms with Crippen molar-refractivity contribution in [2.75, 3.05) is 0 Å². The molecule has 3 nitrogen and oxygen atoms in total. The highest BCUT2D eigenvalue weighted by atomic mass is 32.2. The Hall–Kier alpha value is -1.30. The van der Waals surface area contributed by atoms with Crippen LogP contribution in [-0.2, 0) is 11.2 Å². The lowest BCUT2D eigenvalue weighted by atomic mass is 9.87. The SMILES string of the molecule is CC(C)(C)c1ccc(SCc2ccc(C(=O)NN)s2)cc1. The van der Waals surface area contributed by atoms with Crippen LogP contribution in [0.3, 0.4) is 0 Å². The average Bonchev–Trinajstić information content (AvgIpc) is 2.92. The maximum atomic E-state index is 11.4. The summed E-state index contributed by atoms with van der Waals surface area (Å²) in [7, 11) is 0. The van der Waals surface area contributed by atoms with E-state index in [9.17, 15) is 4.79 Å². The predicted molar refractivity (Wildman–Crippen MR) is 90.7 cm³/mol. The smallest absolute Gasteiger partial charge is 0.275 e. The van der Waals surface area contributed by atoms with Gasteiger partial charge >= 0.3 is 0 Å². The first-order valence-corrected chi connectivity index (χ1v) is 8.53. The molecule has 1 aromatic heterocycles. The molecule has 0 radical (unpaired) electrons. The van der Waals surface area contributed by atoms with Crippen molar-refractivity contribution < 1.29 is 4.79 Å². The number of nitrogen functional groups attached to an aromatic ring is 1. The lowest BCUT2D eigenvalue weighted by molar-refractivity contribution is 0.0957. The molecule has 1 amide bonds. The Bertz CT molecular complexity index is 612. The molecule has 0 aliphatic rings. The number of carbonyl (C=O) groups excluding carboxylic acids is 1. The summed E-state index contributed by atoms with van der Waals surface area (Å²) in [6.45, 7) is 6.64. The number of hydrogen-bond donors (Lipinski definition) is 2. The van der Waals surface area contributed by atoms with Gasteiger partial charge in [-0.2, -0.15) is 0 Å². The van der Waals surface area contributed by atoms with Crippen molar-refractivity contribution in [2.24, 2.45) is 5.84 Å². The Morgan fingerprint density at radius 3 is 2.43 bits per heavy atom. The normalized spacial score (nSPS) is 11.4. The molecule has 2 rings (SSSR count). The summed E-state index contributed by atoms with van der Waals surface area (Å²) in [6, 6.07) is 12.5. The number of carbonyl (C=O) groups is 1. The highest BCUT2D eigenvalue weighted by molar-refractivity contribution is 7.98. The number of thioether (sulfide) groups is 1. The third-order valence-electron chi connectivity index (χ3n) is 3.12. The molecule has 0 unspecified atom stereocenters. The zero-order chi connectivity index (χ0) is 15.5. The van der Waals surface area contributed by atoms with Gasteiger partial charge in [0.1, 0.15) is 0 Å². The van der Waals surface area contributed by atoms with E-state index in [1.165, 1.54) is 26.7 Å². The minimum Gasteiger partial charge on any atom is -0.289 e. The quantitative estimate of drug-likeness (QED) is 0.388. The van der Waals surface area contributed by atoms with E-state index in [0.29, 0.717) is 4.88 Å². The van der Waals surface area contributed by atoms with E-state index in [4.69, 9.17) is 5.84 Å². The first-order valence-electron chi connectivity index (χ1n) is 6.73. The van der Waals surface area contributed by atoms with Gasteiger partial charge in [-0.05, 0) is 35.2 Å². The molecule has 1 heterocycles. The van der Waals surface area contributed by atoms with Gasteiger partial charge < -0.3 is 0 Å². The molecule has 0 saturated carbocycles. The Labute approximate surface area is 133 Å². The van der Waals surface area contributed by atoms with Crippen LogP contribution < -0.4 is 11.3 Å². The number of nitrogens with two attached hydrogens (primary N) is 1. The van der Waals surface area contributed by atoms with Crippen LogP contribution in [0.4, 0.5) is 0 Å². The van der Waals surface area contributed by atoms with Gasteiger partial charge in [0.2, 0.25) is 0 Å². The van der Waals surface area contributed by atoms with Crippen LogP contribution in [0.1, 0.15) is 40.9 Å². The van der Waals surface area contributed by atoms with Crippen molar-refractivity contribution in [3.05, 3.63) is 51.7 Å². The fourth-order valence-corrected chi connectivity index (χ4v) is 3.71. The van der Waals surface area contributed by atoms with E-state index < -0.39 is 0 Å². The van der Waals surface area contributed by atoms with Crippen LogP contribution in [0.2, 0.25) is 0 Å². The van der Waals surface area contributed by atoms with Crippen molar-refractivity contribution in [2.45, 2.75) is 36.8 Å². The maximum absolute atomic E-state index is 11.4. The number of hydrazine groups is 1. The van der Waals surface area contributed by atoms with E-state index >= 15 is 0 Å². The van der Waals surface area contributed by atoms with Gasteiger partial charge in [-0.1, -0.05) is 32.9 Å². The second-order valence-corrected chi connectivity index (χ2v) is 8.02. The van der Waals surface area contributed by atoms with Gasteiger partial charge in [0.25, 0.3) is 5.91 Å². The third-order valence-corrected chi connectivity index (χ3v) is 5.45. The molecular weight excluding hydrogens is 300 g/mol.